The summed E-state index contributed by atoms with van der Waals surface area (Å²) in [6.07, 6.45) is 0.354. The molecule has 0 bridgehead atoms. The van der Waals surface area contributed by atoms with Gasteiger partial charge in [-0.2, -0.15) is 0 Å². The van der Waals surface area contributed by atoms with Gasteiger partial charge in [0.2, 0.25) is 5.91 Å². The summed E-state index contributed by atoms with van der Waals surface area (Å²) < 4.78 is 0. The third-order valence-corrected chi connectivity index (χ3v) is 2.68. The zero-order chi connectivity index (χ0) is 12.4. The molecule has 1 aromatic heterocycles. The van der Waals surface area contributed by atoms with Gasteiger partial charge in [0.15, 0.2) is 5.69 Å². The minimum atomic E-state index is -1.18. The molecule has 17 heavy (non-hydrogen) atoms. The molecule has 1 unspecified atom stereocenters. The van der Waals surface area contributed by atoms with Crippen molar-refractivity contribution in [2.24, 2.45) is 0 Å². The number of nitrogens with one attached hydrogen (secondary N) is 2. The maximum atomic E-state index is 11.0. The topological polar surface area (TPSA) is 91.3 Å². The van der Waals surface area contributed by atoms with E-state index in [2.05, 4.69) is 15.6 Å². The Morgan fingerprint density at radius 3 is 2.94 bits per heavy atom. The van der Waals surface area contributed by atoms with Gasteiger partial charge in [0.1, 0.15) is 5.82 Å². The van der Waals surface area contributed by atoms with Crippen LogP contribution in [-0.4, -0.2) is 34.6 Å². The van der Waals surface area contributed by atoms with Gasteiger partial charge in [0.25, 0.3) is 0 Å². The maximum absolute atomic E-state index is 11.0. The molecule has 7 heteroatoms. The summed E-state index contributed by atoms with van der Waals surface area (Å²) in [5.41, 5.74) is -0.200. The molecule has 6 nitrogen and oxygen atoms in total. The molecule has 2 heterocycles. The van der Waals surface area contributed by atoms with Gasteiger partial charge in [-0.25, -0.2) is 9.78 Å². The summed E-state index contributed by atoms with van der Waals surface area (Å²) in [7, 11) is 0. The molecule has 1 atom stereocenters. The van der Waals surface area contributed by atoms with Crippen molar-refractivity contribution in [2.75, 3.05) is 11.9 Å². The number of amides is 1. The Morgan fingerprint density at radius 1 is 1.59 bits per heavy atom. The molecule has 0 aromatic carbocycles. The number of carboxylic acids is 1. The summed E-state index contributed by atoms with van der Waals surface area (Å²) in [6.45, 7) is 0.506. The second kappa shape index (κ2) is 4.58. The number of pyridine rings is 1. The van der Waals surface area contributed by atoms with Crippen LogP contribution in [0.25, 0.3) is 0 Å². The molecular weight excluding hydrogens is 246 g/mol. The van der Waals surface area contributed by atoms with Crippen LogP contribution in [0.15, 0.2) is 12.1 Å². The molecule has 1 aliphatic rings. The van der Waals surface area contributed by atoms with E-state index in [9.17, 15) is 9.59 Å². The maximum Gasteiger partial charge on any atom is 0.356 e. The minimum Gasteiger partial charge on any atom is -0.476 e. The average molecular weight is 256 g/mol. The van der Waals surface area contributed by atoms with Gasteiger partial charge < -0.3 is 15.7 Å². The van der Waals surface area contributed by atoms with Crippen molar-refractivity contribution in [2.45, 2.75) is 12.5 Å². The van der Waals surface area contributed by atoms with Crippen LogP contribution in [0.3, 0.4) is 0 Å². The van der Waals surface area contributed by atoms with E-state index in [0.717, 1.165) is 0 Å². The molecule has 0 aliphatic carbocycles. The van der Waals surface area contributed by atoms with E-state index in [1.54, 1.807) is 6.07 Å². The molecule has 1 saturated heterocycles. The van der Waals surface area contributed by atoms with Crippen molar-refractivity contribution in [3.63, 3.8) is 0 Å². The number of aromatic nitrogens is 1. The highest BCUT2D eigenvalue weighted by Gasteiger charge is 2.22. The predicted molar refractivity (Wildman–Crippen MR) is 61.2 cm³/mol. The highest BCUT2D eigenvalue weighted by atomic mass is 35.5. The van der Waals surface area contributed by atoms with Crippen molar-refractivity contribution >= 4 is 29.3 Å². The molecule has 2 rings (SSSR count). The Bertz CT molecular complexity index is 478. The summed E-state index contributed by atoms with van der Waals surface area (Å²) in [5, 5.41) is 14.6. The van der Waals surface area contributed by atoms with Gasteiger partial charge in [0.05, 0.1) is 11.1 Å². The van der Waals surface area contributed by atoms with Gasteiger partial charge >= 0.3 is 5.97 Å². The first-order valence-corrected chi connectivity index (χ1v) is 5.37. The quantitative estimate of drug-likeness (QED) is 0.741. The number of anilines is 1. The lowest BCUT2D eigenvalue weighted by atomic mass is 10.2. The first kappa shape index (κ1) is 11.7. The number of aromatic carboxylic acids is 1. The summed E-state index contributed by atoms with van der Waals surface area (Å²) in [4.78, 5) is 25.7. The Balaban J connectivity index is 2.14. The molecule has 0 spiro atoms. The summed E-state index contributed by atoms with van der Waals surface area (Å²) in [6, 6.07) is 2.97. The van der Waals surface area contributed by atoms with Gasteiger partial charge in [0, 0.05) is 13.0 Å². The van der Waals surface area contributed by atoms with E-state index in [0.29, 0.717) is 18.8 Å². The van der Waals surface area contributed by atoms with Gasteiger partial charge in [-0.3, -0.25) is 4.79 Å². The van der Waals surface area contributed by atoms with Gasteiger partial charge in [-0.1, -0.05) is 11.6 Å². The van der Waals surface area contributed by atoms with Crippen LogP contribution in [0.1, 0.15) is 16.9 Å². The third-order valence-electron chi connectivity index (χ3n) is 2.38. The third kappa shape index (κ3) is 2.65. The number of halogens is 1. The summed E-state index contributed by atoms with van der Waals surface area (Å²) in [5.74, 6) is -0.817. The van der Waals surface area contributed by atoms with Crippen molar-refractivity contribution in [1.82, 2.24) is 10.3 Å². The van der Waals surface area contributed by atoms with Crippen molar-refractivity contribution in [1.29, 1.82) is 0 Å². The monoisotopic (exact) mass is 255 g/mol. The molecule has 1 aliphatic heterocycles. The Hall–Kier alpha value is -1.82. The fraction of sp³-hybridized carbons (Fsp3) is 0.300. The molecule has 1 fully saturated rings. The number of hydrogen-bond acceptors (Lipinski definition) is 4. The molecule has 3 N–H and O–H groups in total. The zero-order valence-corrected chi connectivity index (χ0v) is 9.49. The Kier molecular flexibility index (Phi) is 3.14. The SMILES string of the molecule is O=C1CC(Nc2ccc(Cl)c(C(=O)O)n2)CN1. The first-order valence-electron chi connectivity index (χ1n) is 4.99. The van der Waals surface area contributed by atoms with Gasteiger partial charge in [-0.05, 0) is 12.1 Å². The van der Waals surface area contributed by atoms with E-state index >= 15 is 0 Å². The average Bonchev–Trinajstić information content (AvgIpc) is 2.66. The molecule has 0 saturated carbocycles. The molecule has 0 radical (unpaired) electrons. The molecule has 1 amide bonds. The molecular formula is C10H10ClN3O3. The van der Waals surface area contributed by atoms with Crippen LogP contribution in [-0.2, 0) is 4.79 Å². The van der Waals surface area contributed by atoms with Crippen molar-refractivity contribution < 1.29 is 14.7 Å². The van der Waals surface area contributed by atoms with E-state index in [-0.39, 0.29) is 22.7 Å². The van der Waals surface area contributed by atoms with Gasteiger partial charge in [-0.15, -0.1) is 0 Å². The number of carbonyl (C=O) groups excluding carboxylic acids is 1. The van der Waals surface area contributed by atoms with Crippen LogP contribution in [0, 0.1) is 0 Å². The number of hydrogen-bond donors (Lipinski definition) is 3. The van der Waals surface area contributed by atoms with Crippen molar-refractivity contribution in [3.05, 3.63) is 22.8 Å². The van der Waals surface area contributed by atoms with E-state index in [4.69, 9.17) is 16.7 Å². The molecule has 90 valence electrons. The second-order valence-corrected chi connectivity index (χ2v) is 4.09. The fourth-order valence-corrected chi connectivity index (χ4v) is 1.77. The highest BCUT2D eigenvalue weighted by molar-refractivity contribution is 6.33. The van der Waals surface area contributed by atoms with Crippen LogP contribution in [0.5, 0.6) is 0 Å². The zero-order valence-electron chi connectivity index (χ0n) is 8.74. The number of nitrogens with zero attached hydrogens (tertiary/aromatic N) is 1. The summed E-state index contributed by atoms with van der Waals surface area (Å²) >= 11 is 5.69. The minimum absolute atomic E-state index is 0.0325. The lowest BCUT2D eigenvalue weighted by molar-refractivity contribution is -0.119. The first-order chi connectivity index (χ1) is 8.06. The molecule has 1 aromatic rings. The predicted octanol–water partition coefficient (Wildman–Crippen LogP) is 0.734. The van der Waals surface area contributed by atoms with Crippen LogP contribution < -0.4 is 10.6 Å². The Morgan fingerprint density at radius 2 is 2.35 bits per heavy atom. The van der Waals surface area contributed by atoms with Crippen LogP contribution >= 0.6 is 11.6 Å². The van der Waals surface area contributed by atoms with Crippen LogP contribution in [0.2, 0.25) is 5.02 Å². The lowest BCUT2D eigenvalue weighted by Gasteiger charge is -2.11. The largest absolute Gasteiger partial charge is 0.476 e. The lowest BCUT2D eigenvalue weighted by Crippen LogP contribution is -2.23. The fourth-order valence-electron chi connectivity index (χ4n) is 1.59. The van der Waals surface area contributed by atoms with E-state index in [1.807, 2.05) is 0 Å². The second-order valence-electron chi connectivity index (χ2n) is 3.68. The Labute approximate surface area is 102 Å². The number of carbonyl (C=O) groups is 2. The van der Waals surface area contributed by atoms with E-state index in [1.165, 1.54) is 6.07 Å². The highest BCUT2D eigenvalue weighted by Crippen LogP contribution is 2.18. The normalized spacial score (nSPS) is 18.9. The van der Waals surface area contributed by atoms with Crippen LogP contribution in [0.4, 0.5) is 5.82 Å². The standard InChI is InChI=1S/C10H10ClN3O3/c11-6-1-2-7(14-9(6)10(16)17)13-5-3-8(15)12-4-5/h1-2,5H,3-4H2,(H,12,15)(H,13,14)(H,16,17). The smallest absolute Gasteiger partial charge is 0.356 e. The van der Waals surface area contributed by atoms with Crippen molar-refractivity contribution in [3.8, 4) is 0 Å². The number of carboxylic acid groups (broad SMARTS) is 1. The van der Waals surface area contributed by atoms with E-state index < -0.39 is 5.97 Å². The number of rotatable bonds is 3.